The summed E-state index contributed by atoms with van der Waals surface area (Å²) in [5.74, 6) is 0.642. The summed E-state index contributed by atoms with van der Waals surface area (Å²) < 4.78 is 11.1. The molecule has 0 bridgehead atoms. The average Bonchev–Trinajstić information content (AvgIpc) is 2.61. The van der Waals surface area contributed by atoms with E-state index in [1.165, 1.54) is 7.11 Å². The first-order chi connectivity index (χ1) is 12.1. The summed E-state index contributed by atoms with van der Waals surface area (Å²) in [6.45, 7) is 3.84. The van der Waals surface area contributed by atoms with Gasteiger partial charge in [0.05, 0.1) is 24.3 Å². The summed E-state index contributed by atoms with van der Waals surface area (Å²) in [5, 5.41) is 3.80. The number of amides is 1. The maximum absolute atomic E-state index is 12.7. The van der Waals surface area contributed by atoms with Gasteiger partial charge in [-0.1, -0.05) is 30.3 Å². The van der Waals surface area contributed by atoms with Gasteiger partial charge in [-0.05, 0) is 38.1 Å². The second-order valence-corrected chi connectivity index (χ2v) is 5.85. The van der Waals surface area contributed by atoms with Gasteiger partial charge >= 0.3 is 0 Å². The van der Waals surface area contributed by atoms with E-state index in [0.29, 0.717) is 22.9 Å². The molecule has 0 aliphatic rings. The third-order valence-electron chi connectivity index (χ3n) is 3.62. The van der Waals surface area contributed by atoms with Crippen LogP contribution in [-0.2, 0) is 0 Å². The Hall–Kier alpha value is -3.08. The van der Waals surface area contributed by atoms with E-state index in [1.807, 2.05) is 50.2 Å². The van der Waals surface area contributed by atoms with Gasteiger partial charge in [-0.3, -0.25) is 4.79 Å². The minimum atomic E-state index is -0.272. The lowest BCUT2D eigenvalue weighted by atomic mass is 10.1. The maximum atomic E-state index is 12.7. The largest absolute Gasteiger partial charge is 0.490 e. The Labute approximate surface area is 146 Å². The number of nitrogens with one attached hydrogen (secondary N) is 1. The van der Waals surface area contributed by atoms with Crippen LogP contribution >= 0.6 is 0 Å². The van der Waals surface area contributed by atoms with Crippen molar-refractivity contribution < 1.29 is 14.3 Å². The van der Waals surface area contributed by atoms with E-state index in [2.05, 4.69) is 10.3 Å². The molecular weight excluding hydrogens is 316 g/mol. The topological polar surface area (TPSA) is 60.5 Å². The van der Waals surface area contributed by atoms with E-state index < -0.39 is 0 Å². The summed E-state index contributed by atoms with van der Waals surface area (Å²) in [4.78, 5) is 17.2. The molecule has 0 unspecified atom stereocenters. The normalized spacial score (nSPS) is 10.7. The van der Waals surface area contributed by atoms with E-state index in [4.69, 9.17) is 9.47 Å². The standard InChI is InChI=1S/C20H20N2O3/c1-13(2)25-18-11-7-5-9-15(18)19(23)21-17-12-14-8-4-6-10-16(14)22-20(17)24-3/h4-13H,1-3H3,(H,21,23). The first kappa shape index (κ1) is 16.8. The van der Waals surface area contributed by atoms with Crippen molar-refractivity contribution in [3.8, 4) is 11.6 Å². The minimum absolute atomic E-state index is 0.0224. The number of hydrogen-bond acceptors (Lipinski definition) is 4. The second-order valence-electron chi connectivity index (χ2n) is 5.85. The van der Waals surface area contributed by atoms with Gasteiger partial charge in [0.25, 0.3) is 5.91 Å². The second kappa shape index (κ2) is 7.21. The number of aromatic nitrogens is 1. The van der Waals surface area contributed by atoms with Crippen LogP contribution in [0.1, 0.15) is 24.2 Å². The molecule has 1 aromatic heterocycles. The Morgan fingerprint density at radius 1 is 1.08 bits per heavy atom. The lowest BCUT2D eigenvalue weighted by Crippen LogP contribution is -2.16. The smallest absolute Gasteiger partial charge is 0.259 e. The Kier molecular flexibility index (Phi) is 4.84. The van der Waals surface area contributed by atoms with E-state index in [1.54, 1.807) is 18.2 Å². The SMILES string of the molecule is COc1nc2ccccc2cc1NC(=O)c1ccccc1OC(C)C. The van der Waals surface area contributed by atoms with Crippen molar-refractivity contribution in [2.24, 2.45) is 0 Å². The molecule has 1 amide bonds. The quantitative estimate of drug-likeness (QED) is 0.755. The number of benzene rings is 2. The number of fused-ring (bicyclic) bond motifs is 1. The molecule has 1 N–H and O–H groups in total. The monoisotopic (exact) mass is 336 g/mol. The highest BCUT2D eigenvalue weighted by molar-refractivity contribution is 6.07. The third-order valence-corrected chi connectivity index (χ3v) is 3.62. The van der Waals surface area contributed by atoms with Gasteiger partial charge in [-0.2, -0.15) is 0 Å². The number of pyridine rings is 1. The van der Waals surface area contributed by atoms with Gasteiger partial charge in [-0.25, -0.2) is 4.98 Å². The fourth-order valence-electron chi connectivity index (χ4n) is 2.54. The Morgan fingerprint density at radius 3 is 2.56 bits per heavy atom. The van der Waals surface area contributed by atoms with Crippen LogP contribution in [-0.4, -0.2) is 24.1 Å². The summed E-state index contributed by atoms with van der Waals surface area (Å²) in [6, 6.07) is 16.7. The molecule has 0 aliphatic carbocycles. The molecule has 0 radical (unpaired) electrons. The van der Waals surface area contributed by atoms with Gasteiger partial charge in [-0.15, -0.1) is 0 Å². The number of methoxy groups -OCH3 is 1. The Morgan fingerprint density at radius 2 is 1.80 bits per heavy atom. The van der Waals surface area contributed by atoms with Gasteiger partial charge < -0.3 is 14.8 Å². The molecule has 5 nitrogen and oxygen atoms in total. The molecule has 3 rings (SSSR count). The third kappa shape index (κ3) is 3.71. The van der Waals surface area contributed by atoms with Crippen molar-refractivity contribution in [2.75, 3.05) is 12.4 Å². The molecule has 0 spiro atoms. The van der Waals surface area contributed by atoms with Crippen molar-refractivity contribution in [1.29, 1.82) is 0 Å². The van der Waals surface area contributed by atoms with Crippen molar-refractivity contribution in [2.45, 2.75) is 20.0 Å². The average molecular weight is 336 g/mol. The highest BCUT2D eigenvalue weighted by atomic mass is 16.5. The van der Waals surface area contributed by atoms with Gasteiger partial charge in [0, 0.05) is 5.39 Å². The predicted molar refractivity (Wildman–Crippen MR) is 98.5 cm³/mol. The molecule has 5 heteroatoms. The molecule has 128 valence electrons. The maximum Gasteiger partial charge on any atom is 0.259 e. The summed E-state index contributed by atoms with van der Waals surface area (Å²) >= 11 is 0. The first-order valence-corrected chi connectivity index (χ1v) is 8.09. The minimum Gasteiger partial charge on any atom is -0.490 e. The van der Waals surface area contributed by atoms with E-state index >= 15 is 0 Å². The molecule has 1 heterocycles. The first-order valence-electron chi connectivity index (χ1n) is 8.09. The van der Waals surface area contributed by atoms with Crippen LogP contribution in [0.5, 0.6) is 11.6 Å². The number of para-hydroxylation sites is 2. The molecule has 3 aromatic rings. The zero-order valence-electron chi connectivity index (χ0n) is 14.4. The zero-order chi connectivity index (χ0) is 17.8. The fourth-order valence-corrected chi connectivity index (χ4v) is 2.54. The molecule has 2 aromatic carbocycles. The zero-order valence-corrected chi connectivity index (χ0v) is 14.4. The molecule has 0 saturated carbocycles. The lowest BCUT2D eigenvalue weighted by molar-refractivity contribution is 0.102. The number of carbonyl (C=O) groups is 1. The van der Waals surface area contributed by atoms with Crippen molar-refractivity contribution >= 4 is 22.5 Å². The van der Waals surface area contributed by atoms with E-state index in [0.717, 1.165) is 10.9 Å². The van der Waals surface area contributed by atoms with Gasteiger partial charge in [0.1, 0.15) is 11.4 Å². The Bertz CT molecular complexity index is 906. The van der Waals surface area contributed by atoms with Crippen molar-refractivity contribution in [3.05, 3.63) is 60.2 Å². The van der Waals surface area contributed by atoms with Crippen molar-refractivity contribution in [1.82, 2.24) is 4.98 Å². The van der Waals surface area contributed by atoms with Crippen LogP contribution < -0.4 is 14.8 Å². The Balaban J connectivity index is 1.95. The fraction of sp³-hybridized carbons (Fsp3) is 0.200. The number of anilines is 1. The predicted octanol–water partition coefficient (Wildman–Crippen LogP) is 4.28. The molecular formula is C20H20N2O3. The van der Waals surface area contributed by atoms with Gasteiger partial charge in [0.15, 0.2) is 0 Å². The number of nitrogens with zero attached hydrogens (tertiary/aromatic N) is 1. The van der Waals surface area contributed by atoms with Gasteiger partial charge in [0.2, 0.25) is 5.88 Å². The lowest BCUT2D eigenvalue weighted by Gasteiger charge is -2.15. The van der Waals surface area contributed by atoms with Crippen LogP contribution in [0.3, 0.4) is 0 Å². The van der Waals surface area contributed by atoms with E-state index in [9.17, 15) is 4.79 Å². The highest BCUT2D eigenvalue weighted by Crippen LogP contribution is 2.28. The van der Waals surface area contributed by atoms with Crippen LogP contribution in [0, 0.1) is 0 Å². The summed E-state index contributed by atoms with van der Waals surface area (Å²) in [6.07, 6.45) is -0.0224. The molecule has 0 aliphatic heterocycles. The molecule has 0 saturated heterocycles. The molecule has 0 fully saturated rings. The van der Waals surface area contributed by atoms with Crippen LogP contribution in [0.15, 0.2) is 54.6 Å². The number of hydrogen-bond donors (Lipinski definition) is 1. The number of carbonyl (C=O) groups excluding carboxylic acids is 1. The summed E-state index contributed by atoms with van der Waals surface area (Å²) in [5.41, 5.74) is 1.79. The molecule has 25 heavy (non-hydrogen) atoms. The van der Waals surface area contributed by atoms with Crippen LogP contribution in [0.4, 0.5) is 5.69 Å². The molecule has 0 atom stereocenters. The van der Waals surface area contributed by atoms with Crippen molar-refractivity contribution in [3.63, 3.8) is 0 Å². The summed E-state index contributed by atoms with van der Waals surface area (Å²) in [7, 11) is 1.53. The number of ether oxygens (including phenoxy) is 2. The van der Waals surface area contributed by atoms with Crippen LogP contribution in [0.25, 0.3) is 10.9 Å². The van der Waals surface area contributed by atoms with Crippen LogP contribution in [0.2, 0.25) is 0 Å². The highest BCUT2D eigenvalue weighted by Gasteiger charge is 2.16. The number of rotatable bonds is 5. The van der Waals surface area contributed by atoms with E-state index in [-0.39, 0.29) is 12.0 Å².